The second-order valence-corrected chi connectivity index (χ2v) is 6.46. The third kappa shape index (κ3) is 2.41. The predicted molar refractivity (Wildman–Crippen MR) is 73.2 cm³/mol. The van der Waals surface area contributed by atoms with Crippen molar-refractivity contribution in [3.05, 3.63) is 0 Å². The maximum atomic E-state index is 12.5. The van der Waals surface area contributed by atoms with Gasteiger partial charge in [0.2, 0.25) is 5.91 Å². The van der Waals surface area contributed by atoms with E-state index in [1.165, 1.54) is 12.8 Å². The zero-order valence-electron chi connectivity index (χ0n) is 12.0. The molecule has 0 bridgehead atoms. The molecule has 1 unspecified atom stereocenters. The van der Waals surface area contributed by atoms with Crippen LogP contribution in [0.5, 0.6) is 0 Å². The third-order valence-electron chi connectivity index (χ3n) is 4.83. The number of likely N-dealkylation sites (tertiary alicyclic amines) is 1. The number of nitrogens with two attached hydrogens (primary N) is 1. The first kappa shape index (κ1) is 13.8. The first-order valence-corrected chi connectivity index (χ1v) is 7.14. The van der Waals surface area contributed by atoms with E-state index in [0.717, 1.165) is 25.9 Å². The summed E-state index contributed by atoms with van der Waals surface area (Å²) in [6.45, 7) is 4.71. The standard InChI is InChI=1S/C14H27N3O/c1-11-7-14(8-11,10-15)13(18)17(3)9-12-5-4-6-16(12)2/h11-12H,4-10,15H2,1-3H3. The molecule has 2 fully saturated rings. The largest absolute Gasteiger partial charge is 0.344 e. The molecule has 1 aliphatic carbocycles. The van der Waals surface area contributed by atoms with Gasteiger partial charge in [0.1, 0.15) is 0 Å². The van der Waals surface area contributed by atoms with Gasteiger partial charge in [0.05, 0.1) is 5.41 Å². The van der Waals surface area contributed by atoms with Crippen LogP contribution in [-0.2, 0) is 4.79 Å². The van der Waals surface area contributed by atoms with E-state index >= 15 is 0 Å². The van der Waals surface area contributed by atoms with E-state index in [1.807, 2.05) is 11.9 Å². The Bertz CT molecular complexity index is 312. The quantitative estimate of drug-likeness (QED) is 0.810. The van der Waals surface area contributed by atoms with Crippen LogP contribution in [0.4, 0.5) is 0 Å². The summed E-state index contributed by atoms with van der Waals surface area (Å²) in [4.78, 5) is 16.8. The Morgan fingerprint density at radius 1 is 1.50 bits per heavy atom. The molecule has 2 N–H and O–H groups in total. The number of rotatable bonds is 4. The Morgan fingerprint density at radius 2 is 2.17 bits per heavy atom. The minimum absolute atomic E-state index is 0.245. The number of carbonyl (C=O) groups excluding carboxylic acids is 1. The van der Waals surface area contributed by atoms with Crippen LogP contribution in [0.25, 0.3) is 0 Å². The highest BCUT2D eigenvalue weighted by Gasteiger charge is 2.48. The van der Waals surface area contributed by atoms with Crippen LogP contribution in [0.3, 0.4) is 0 Å². The number of hydrogen-bond donors (Lipinski definition) is 1. The van der Waals surface area contributed by atoms with Crippen LogP contribution in [0.15, 0.2) is 0 Å². The molecule has 18 heavy (non-hydrogen) atoms. The van der Waals surface area contributed by atoms with Crippen molar-refractivity contribution in [2.75, 3.05) is 33.7 Å². The molecule has 1 saturated heterocycles. The molecule has 0 spiro atoms. The van der Waals surface area contributed by atoms with Gasteiger partial charge in [-0.1, -0.05) is 6.92 Å². The third-order valence-corrected chi connectivity index (χ3v) is 4.83. The molecule has 2 rings (SSSR count). The first-order valence-electron chi connectivity index (χ1n) is 7.14. The summed E-state index contributed by atoms with van der Waals surface area (Å²) in [6.07, 6.45) is 4.39. The van der Waals surface area contributed by atoms with Gasteiger partial charge in [-0.3, -0.25) is 4.79 Å². The van der Waals surface area contributed by atoms with Crippen molar-refractivity contribution < 1.29 is 4.79 Å². The van der Waals surface area contributed by atoms with E-state index in [2.05, 4.69) is 18.9 Å². The van der Waals surface area contributed by atoms with Crippen molar-refractivity contribution in [1.82, 2.24) is 9.80 Å². The second-order valence-electron chi connectivity index (χ2n) is 6.46. The molecule has 4 heteroatoms. The second kappa shape index (κ2) is 5.17. The molecular formula is C14H27N3O. The van der Waals surface area contributed by atoms with Crippen LogP contribution in [0.2, 0.25) is 0 Å². The summed E-state index contributed by atoms with van der Waals surface area (Å²) in [7, 11) is 4.09. The summed E-state index contributed by atoms with van der Waals surface area (Å²) in [5.41, 5.74) is 5.60. The predicted octanol–water partition coefficient (Wildman–Crippen LogP) is 0.914. The molecular weight excluding hydrogens is 226 g/mol. The van der Waals surface area contributed by atoms with Crippen molar-refractivity contribution in [1.29, 1.82) is 0 Å². The van der Waals surface area contributed by atoms with Gasteiger partial charge in [0, 0.05) is 26.2 Å². The molecule has 0 radical (unpaired) electrons. The molecule has 0 aromatic carbocycles. The molecule has 1 aliphatic heterocycles. The summed E-state index contributed by atoms with van der Waals surface area (Å²) in [6, 6.07) is 0.534. The molecule has 4 nitrogen and oxygen atoms in total. The molecule has 1 atom stereocenters. The minimum Gasteiger partial charge on any atom is -0.344 e. The Kier molecular flexibility index (Phi) is 3.97. The van der Waals surface area contributed by atoms with Crippen LogP contribution in [0, 0.1) is 11.3 Å². The van der Waals surface area contributed by atoms with Gasteiger partial charge in [0.25, 0.3) is 0 Å². The van der Waals surface area contributed by atoms with E-state index in [-0.39, 0.29) is 11.3 Å². The van der Waals surface area contributed by atoms with Crippen molar-refractivity contribution in [3.63, 3.8) is 0 Å². The summed E-state index contributed by atoms with van der Waals surface area (Å²) in [5, 5.41) is 0. The van der Waals surface area contributed by atoms with Crippen molar-refractivity contribution in [3.8, 4) is 0 Å². The van der Waals surface area contributed by atoms with E-state index in [0.29, 0.717) is 18.5 Å². The van der Waals surface area contributed by atoms with E-state index in [1.54, 1.807) is 0 Å². The van der Waals surface area contributed by atoms with Gasteiger partial charge in [-0.25, -0.2) is 0 Å². The maximum Gasteiger partial charge on any atom is 0.229 e. The Hall–Kier alpha value is -0.610. The van der Waals surface area contributed by atoms with E-state index < -0.39 is 0 Å². The maximum absolute atomic E-state index is 12.5. The van der Waals surface area contributed by atoms with Crippen LogP contribution in [-0.4, -0.2) is 55.5 Å². The van der Waals surface area contributed by atoms with Crippen molar-refractivity contribution in [2.45, 2.75) is 38.6 Å². The van der Waals surface area contributed by atoms with Crippen molar-refractivity contribution in [2.24, 2.45) is 17.1 Å². The van der Waals surface area contributed by atoms with Gasteiger partial charge in [-0.2, -0.15) is 0 Å². The molecule has 1 amide bonds. The van der Waals surface area contributed by atoms with E-state index in [4.69, 9.17) is 5.73 Å². The van der Waals surface area contributed by atoms with E-state index in [9.17, 15) is 4.79 Å². The SMILES string of the molecule is CC1CC(CN)(C(=O)N(C)CC2CCCN2C)C1. The Labute approximate surface area is 110 Å². The normalized spacial score (nSPS) is 36.4. The lowest BCUT2D eigenvalue weighted by Gasteiger charge is -2.46. The fourth-order valence-corrected chi connectivity index (χ4v) is 3.72. The Morgan fingerprint density at radius 3 is 2.61 bits per heavy atom. The summed E-state index contributed by atoms with van der Waals surface area (Å²) >= 11 is 0. The first-order chi connectivity index (χ1) is 8.48. The van der Waals surface area contributed by atoms with Crippen molar-refractivity contribution >= 4 is 5.91 Å². The minimum atomic E-state index is -0.245. The average Bonchev–Trinajstić information content (AvgIpc) is 2.69. The lowest BCUT2D eigenvalue weighted by Crippen LogP contribution is -2.55. The molecule has 1 heterocycles. The lowest BCUT2D eigenvalue weighted by molar-refractivity contribution is -0.148. The van der Waals surface area contributed by atoms with Gasteiger partial charge < -0.3 is 15.5 Å². The van der Waals surface area contributed by atoms with Gasteiger partial charge in [0.15, 0.2) is 0 Å². The number of nitrogens with zero attached hydrogens (tertiary/aromatic N) is 2. The van der Waals surface area contributed by atoms with Crippen LogP contribution in [0.1, 0.15) is 32.6 Å². The van der Waals surface area contributed by atoms with Gasteiger partial charge in [-0.15, -0.1) is 0 Å². The molecule has 0 aromatic heterocycles. The fourth-order valence-electron chi connectivity index (χ4n) is 3.72. The smallest absolute Gasteiger partial charge is 0.229 e. The fraction of sp³-hybridized carbons (Fsp3) is 0.929. The topological polar surface area (TPSA) is 49.6 Å². The van der Waals surface area contributed by atoms with Gasteiger partial charge in [-0.05, 0) is 45.2 Å². The number of hydrogen-bond acceptors (Lipinski definition) is 3. The highest BCUT2D eigenvalue weighted by Crippen LogP contribution is 2.45. The lowest BCUT2D eigenvalue weighted by atomic mass is 9.62. The molecule has 2 aliphatic rings. The summed E-state index contributed by atoms with van der Waals surface area (Å²) < 4.78 is 0. The highest BCUT2D eigenvalue weighted by molar-refractivity contribution is 5.83. The van der Waals surface area contributed by atoms with Crippen LogP contribution < -0.4 is 5.73 Å². The highest BCUT2D eigenvalue weighted by atomic mass is 16.2. The Balaban J connectivity index is 1.92. The summed E-state index contributed by atoms with van der Waals surface area (Å²) in [5.74, 6) is 0.920. The monoisotopic (exact) mass is 253 g/mol. The molecule has 0 aromatic rings. The molecule has 1 saturated carbocycles. The zero-order valence-corrected chi connectivity index (χ0v) is 12.0. The molecule has 104 valence electrons. The van der Waals surface area contributed by atoms with Crippen LogP contribution >= 0.6 is 0 Å². The van der Waals surface area contributed by atoms with Gasteiger partial charge >= 0.3 is 0 Å². The number of amides is 1. The zero-order chi connectivity index (χ0) is 13.3. The number of likely N-dealkylation sites (N-methyl/N-ethyl adjacent to an activating group) is 2. The average molecular weight is 253 g/mol. The number of carbonyl (C=O) groups is 1.